The minimum Gasteiger partial charge on any atom is -0.493 e. The first-order valence-corrected chi connectivity index (χ1v) is 11.3. The fourth-order valence-corrected chi connectivity index (χ4v) is 3.50. The van der Waals surface area contributed by atoms with Gasteiger partial charge in [0.15, 0.2) is 17.3 Å². The third-order valence-corrected chi connectivity index (χ3v) is 5.23. The van der Waals surface area contributed by atoms with E-state index in [4.69, 9.17) is 14.2 Å². The maximum absolute atomic E-state index is 12.5. The predicted molar refractivity (Wildman–Crippen MR) is 124 cm³/mol. The summed E-state index contributed by atoms with van der Waals surface area (Å²) in [7, 11) is 1.55. The van der Waals surface area contributed by atoms with Crippen molar-refractivity contribution in [1.29, 1.82) is 0 Å². The normalized spacial score (nSPS) is 14.3. The summed E-state index contributed by atoms with van der Waals surface area (Å²) in [6, 6.07) is 5.29. The molecule has 2 heterocycles. The summed E-state index contributed by atoms with van der Waals surface area (Å²) >= 11 is 0. The molecule has 0 unspecified atom stereocenters. The zero-order chi connectivity index (χ0) is 23.6. The van der Waals surface area contributed by atoms with Gasteiger partial charge in [-0.15, -0.1) is 10.2 Å². The molecule has 2 N–H and O–H groups in total. The molecule has 0 spiro atoms. The van der Waals surface area contributed by atoms with Crippen molar-refractivity contribution in [3.63, 3.8) is 0 Å². The number of aryl methyl sites for hydroxylation is 1. The van der Waals surface area contributed by atoms with Gasteiger partial charge in [0, 0.05) is 38.0 Å². The Bertz CT molecular complexity index is 972. The first kappa shape index (κ1) is 24.7. The van der Waals surface area contributed by atoms with E-state index in [1.165, 1.54) is 0 Å². The standard InChI is InChI=1S/C23H33N5O5/c1-16(2)33-19-7-5-17(15-20(19)31-3)22-25-23(30)18(26-27-22)6-8-21(29)24-9-4-10-28-11-13-32-14-12-28/h5,7,15-16H,4,6,8-14H2,1-3H3,(H,24,29)(H,25,27,30). The van der Waals surface area contributed by atoms with E-state index in [2.05, 4.69) is 25.4 Å². The molecule has 0 bridgehead atoms. The smallest absolute Gasteiger partial charge is 0.273 e. The molecule has 1 aliphatic rings. The van der Waals surface area contributed by atoms with Crippen LogP contribution in [0.5, 0.6) is 11.5 Å². The van der Waals surface area contributed by atoms with Gasteiger partial charge in [-0.3, -0.25) is 14.5 Å². The Morgan fingerprint density at radius 2 is 2.03 bits per heavy atom. The summed E-state index contributed by atoms with van der Waals surface area (Å²) in [6.45, 7) is 8.82. The van der Waals surface area contributed by atoms with Gasteiger partial charge in [-0.2, -0.15) is 0 Å². The van der Waals surface area contributed by atoms with Crippen molar-refractivity contribution in [1.82, 2.24) is 25.4 Å². The maximum atomic E-state index is 12.5. The molecule has 0 radical (unpaired) electrons. The van der Waals surface area contributed by atoms with Crippen molar-refractivity contribution in [2.24, 2.45) is 0 Å². The summed E-state index contributed by atoms with van der Waals surface area (Å²) in [5.74, 6) is 1.37. The lowest BCUT2D eigenvalue weighted by Crippen LogP contribution is -2.38. The van der Waals surface area contributed by atoms with Crippen LogP contribution in [-0.2, 0) is 16.0 Å². The second-order valence-corrected chi connectivity index (χ2v) is 8.14. The van der Waals surface area contributed by atoms with E-state index in [0.717, 1.165) is 39.3 Å². The first-order valence-electron chi connectivity index (χ1n) is 11.3. The van der Waals surface area contributed by atoms with E-state index in [1.54, 1.807) is 25.3 Å². The lowest BCUT2D eigenvalue weighted by molar-refractivity contribution is -0.121. The summed E-state index contributed by atoms with van der Waals surface area (Å²) in [6.07, 6.45) is 1.29. The number of morpholine rings is 1. The van der Waals surface area contributed by atoms with E-state index >= 15 is 0 Å². The lowest BCUT2D eigenvalue weighted by atomic mass is 10.2. The highest BCUT2D eigenvalue weighted by Gasteiger charge is 2.13. The Morgan fingerprint density at radius 1 is 1.24 bits per heavy atom. The molecule has 1 aromatic carbocycles. The number of carbonyl (C=O) groups excluding carboxylic acids is 1. The third-order valence-electron chi connectivity index (χ3n) is 5.23. The molecular formula is C23H33N5O5. The topological polar surface area (TPSA) is 119 Å². The van der Waals surface area contributed by atoms with Gasteiger partial charge in [0.05, 0.1) is 26.4 Å². The number of H-pyrrole nitrogens is 1. The highest BCUT2D eigenvalue weighted by molar-refractivity contribution is 5.76. The number of amides is 1. The molecule has 1 amide bonds. The van der Waals surface area contributed by atoms with E-state index in [0.29, 0.717) is 29.4 Å². The van der Waals surface area contributed by atoms with Gasteiger partial charge >= 0.3 is 0 Å². The number of nitrogens with one attached hydrogen (secondary N) is 2. The van der Waals surface area contributed by atoms with Crippen LogP contribution >= 0.6 is 0 Å². The van der Waals surface area contributed by atoms with Gasteiger partial charge in [0.25, 0.3) is 5.56 Å². The highest BCUT2D eigenvalue weighted by Crippen LogP contribution is 2.31. The maximum Gasteiger partial charge on any atom is 0.273 e. The Labute approximate surface area is 193 Å². The molecule has 33 heavy (non-hydrogen) atoms. The average molecular weight is 460 g/mol. The van der Waals surface area contributed by atoms with E-state index < -0.39 is 0 Å². The number of aromatic amines is 1. The largest absolute Gasteiger partial charge is 0.493 e. The Balaban J connectivity index is 1.50. The first-order chi connectivity index (χ1) is 16.0. The SMILES string of the molecule is COc1cc(-c2nnc(CCC(=O)NCCCN3CCOCC3)c(=O)[nH]2)ccc1OC(C)C. The van der Waals surface area contributed by atoms with Crippen LogP contribution in [0.3, 0.4) is 0 Å². The zero-order valence-electron chi connectivity index (χ0n) is 19.6. The van der Waals surface area contributed by atoms with Gasteiger partial charge in [0.2, 0.25) is 5.91 Å². The van der Waals surface area contributed by atoms with Crippen LogP contribution in [0.1, 0.15) is 32.4 Å². The van der Waals surface area contributed by atoms with E-state index in [1.807, 2.05) is 13.8 Å². The minimum atomic E-state index is -0.360. The fraction of sp³-hybridized carbons (Fsp3) is 0.565. The van der Waals surface area contributed by atoms with Crippen molar-refractivity contribution >= 4 is 5.91 Å². The Morgan fingerprint density at radius 3 is 2.73 bits per heavy atom. The molecule has 0 saturated carbocycles. The second kappa shape index (κ2) is 12.3. The van der Waals surface area contributed by atoms with Gasteiger partial charge in [-0.1, -0.05) is 0 Å². The predicted octanol–water partition coefficient (Wildman–Crippen LogP) is 1.40. The molecule has 1 aliphatic heterocycles. The molecule has 1 fully saturated rings. The van der Waals surface area contributed by atoms with Crippen molar-refractivity contribution in [3.05, 3.63) is 34.2 Å². The number of hydrogen-bond acceptors (Lipinski definition) is 8. The van der Waals surface area contributed by atoms with E-state index in [9.17, 15) is 9.59 Å². The van der Waals surface area contributed by atoms with Crippen LogP contribution in [0.2, 0.25) is 0 Å². The zero-order valence-corrected chi connectivity index (χ0v) is 19.6. The number of methoxy groups -OCH3 is 1. The van der Waals surface area contributed by atoms with Crippen LogP contribution in [0.4, 0.5) is 0 Å². The molecule has 180 valence electrons. The molecule has 10 nitrogen and oxygen atoms in total. The number of carbonyl (C=O) groups is 1. The fourth-order valence-electron chi connectivity index (χ4n) is 3.50. The second-order valence-electron chi connectivity index (χ2n) is 8.14. The van der Waals surface area contributed by atoms with Crippen LogP contribution < -0.4 is 20.3 Å². The van der Waals surface area contributed by atoms with E-state index in [-0.39, 0.29) is 36.1 Å². The molecule has 2 aromatic rings. The third kappa shape index (κ3) is 7.54. The van der Waals surface area contributed by atoms with Gasteiger partial charge in [-0.05, 0) is 45.0 Å². The van der Waals surface area contributed by atoms with Crippen LogP contribution in [0, 0.1) is 0 Å². The molecule has 1 saturated heterocycles. The number of benzene rings is 1. The number of aromatic nitrogens is 3. The summed E-state index contributed by atoms with van der Waals surface area (Å²) in [5, 5.41) is 11.1. The average Bonchev–Trinajstić information content (AvgIpc) is 2.81. The van der Waals surface area contributed by atoms with Gasteiger partial charge in [0.1, 0.15) is 5.69 Å². The summed E-state index contributed by atoms with van der Waals surface area (Å²) in [4.78, 5) is 29.7. The van der Waals surface area contributed by atoms with Crippen LogP contribution in [-0.4, -0.2) is 78.6 Å². The summed E-state index contributed by atoms with van der Waals surface area (Å²) < 4.78 is 16.4. The minimum absolute atomic E-state index is 0.00519. The quantitative estimate of drug-likeness (QED) is 0.484. The number of ether oxygens (including phenoxy) is 3. The van der Waals surface area contributed by atoms with Crippen molar-refractivity contribution in [2.75, 3.05) is 46.5 Å². The Kier molecular flexibility index (Phi) is 9.20. The van der Waals surface area contributed by atoms with Crippen molar-refractivity contribution in [3.8, 4) is 22.9 Å². The summed E-state index contributed by atoms with van der Waals surface area (Å²) in [5.41, 5.74) is 0.521. The lowest BCUT2D eigenvalue weighted by Gasteiger charge is -2.26. The monoisotopic (exact) mass is 459 g/mol. The van der Waals surface area contributed by atoms with Crippen molar-refractivity contribution in [2.45, 2.75) is 39.2 Å². The van der Waals surface area contributed by atoms with Crippen LogP contribution in [0.15, 0.2) is 23.0 Å². The van der Waals surface area contributed by atoms with Crippen molar-refractivity contribution < 1.29 is 19.0 Å². The molecule has 3 rings (SSSR count). The van der Waals surface area contributed by atoms with Gasteiger partial charge < -0.3 is 24.5 Å². The van der Waals surface area contributed by atoms with Gasteiger partial charge in [-0.25, -0.2) is 0 Å². The molecule has 0 atom stereocenters. The molecule has 1 aromatic heterocycles. The molecule has 0 aliphatic carbocycles. The Hall–Kier alpha value is -2.98. The number of hydrogen-bond donors (Lipinski definition) is 2. The van der Waals surface area contributed by atoms with Crippen LogP contribution in [0.25, 0.3) is 11.4 Å². The number of rotatable bonds is 11. The molecule has 10 heteroatoms. The number of nitrogens with zero attached hydrogens (tertiary/aromatic N) is 3. The highest BCUT2D eigenvalue weighted by atomic mass is 16.5. The molecular weight excluding hydrogens is 426 g/mol.